The molecule has 0 bridgehead atoms. The number of rotatable bonds is 7. The summed E-state index contributed by atoms with van der Waals surface area (Å²) in [5.74, 6) is 1.32. The number of aryl methyl sites for hydroxylation is 1. The molecule has 2 aromatic carbocycles. The van der Waals surface area contributed by atoms with E-state index in [1.165, 1.54) is 5.56 Å². The average molecular weight is 306 g/mol. The molecular formula is C17H20ClNO2. The normalized spacial score (nSPS) is 10.4. The smallest absolute Gasteiger partial charge is 0.165 e. The van der Waals surface area contributed by atoms with E-state index in [9.17, 15) is 0 Å². The lowest BCUT2D eigenvalue weighted by Gasteiger charge is -2.15. The van der Waals surface area contributed by atoms with Gasteiger partial charge in [-0.1, -0.05) is 41.9 Å². The van der Waals surface area contributed by atoms with Gasteiger partial charge in [-0.05, 0) is 24.5 Å². The van der Waals surface area contributed by atoms with Crippen LogP contribution in [0, 0.1) is 0 Å². The first-order chi connectivity index (χ1) is 10.2. The summed E-state index contributed by atoms with van der Waals surface area (Å²) in [5.41, 5.74) is 7.91. The molecule has 0 fully saturated rings. The third-order valence-electron chi connectivity index (χ3n) is 3.24. The largest absolute Gasteiger partial charge is 0.493 e. The van der Waals surface area contributed by atoms with Crippen molar-refractivity contribution >= 4 is 11.6 Å². The van der Waals surface area contributed by atoms with Crippen molar-refractivity contribution in [1.29, 1.82) is 0 Å². The van der Waals surface area contributed by atoms with Gasteiger partial charge in [0.25, 0.3) is 0 Å². The van der Waals surface area contributed by atoms with Crippen molar-refractivity contribution in [2.75, 3.05) is 13.7 Å². The van der Waals surface area contributed by atoms with E-state index in [0.717, 1.165) is 18.4 Å². The molecule has 0 aliphatic carbocycles. The fourth-order valence-electron chi connectivity index (χ4n) is 2.18. The molecule has 0 saturated heterocycles. The number of hydrogen-bond donors (Lipinski definition) is 1. The predicted molar refractivity (Wildman–Crippen MR) is 86.2 cm³/mol. The van der Waals surface area contributed by atoms with Gasteiger partial charge in [-0.25, -0.2) is 0 Å². The van der Waals surface area contributed by atoms with Crippen LogP contribution in [0.15, 0.2) is 42.5 Å². The molecule has 0 aliphatic rings. The lowest BCUT2D eigenvalue weighted by molar-refractivity contribution is 0.286. The summed E-state index contributed by atoms with van der Waals surface area (Å²) in [6.07, 6.45) is 1.91. The van der Waals surface area contributed by atoms with Crippen molar-refractivity contribution in [2.24, 2.45) is 5.73 Å². The van der Waals surface area contributed by atoms with Gasteiger partial charge in [0.2, 0.25) is 0 Å². The molecule has 0 radical (unpaired) electrons. The Morgan fingerprint density at radius 1 is 1.14 bits per heavy atom. The van der Waals surface area contributed by atoms with E-state index >= 15 is 0 Å². The number of halogens is 1. The monoisotopic (exact) mass is 305 g/mol. The maximum Gasteiger partial charge on any atom is 0.165 e. The quantitative estimate of drug-likeness (QED) is 0.791. The fourth-order valence-corrected chi connectivity index (χ4v) is 2.42. The molecule has 4 heteroatoms. The van der Waals surface area contributed by atoms with E-state index in [1.54, 1.807) is 13.2 Å². The highest BCUT2D eigenvalue weighted by molar-refractivity contribution is 6.30. The first-order valence-corrected chi connectivity index (χ1v) is 7.35. The van der Waals surface area contributed by atoms with Crippen molar-refractivity contribution < 1.29 is 9.47 Å². The van der Waals surface area contributed by atoms with Crippen LogP contribution in [-0.2, 0) is 13.0 Å². The lowest BCUT2D eigenvalue weighted by atomic mass is 10.1. The molecule has 0 amide bonds. The molecule has 21 heavy (non-hydrogen) atoms. The minimum absolute atomic E-state index is 0.366. The maximum atomic E-state index is 6.03. The summed E-state index contributed by atoms with van der Waals surface area (Å²) in [4.78, 5) is 0. The molecule has 0 heterocycles. The molecule has 3 nitrogen and oxygen atoms in total. The van der Waals surface area contributed by atoms with Crippen LogP contribution in [0.2, 0.25) is 5.02 Å². The predicted octanol–water partition coefficient (Wildman–Crippen LogP) is 3.82. The number of methoxy groups -OCH3 is 1. The van der Waals surface area contributed by atoms with Gasteiger partial charge in [-0.2, -0.15) is 0 Å². The van der Waals surface area contributed by atoms with Gasteiger partial charge in [0.05, 0.1) is 13.7 Å². The van der Waals surface area contributed by atoms with Crippen LogP contribution in [0.1, 0.15) is 17.5 Å². The van der Waals surface area contributed by atoms with E-state index in [-0.39, 0.29) is 0 Å². The van der Waals surface area contributed by atoms with Crippen LogP contribution in [0.5, 0.6) is 11.5 Å². The van der Waals surface area contributed by atoms with Gasteiger partial charge in [0.15, 0.2) is 11.5 Å². The average Bonchev–Trinajstić information content (AvgIpc) is 2.52. The minimum Gasteiger partial charge on any atom is -0.493 e. The Morgan fingerprint density at radius 2 is 1.90 bits per heavy atom. The number of benzene rings is 2. The standard InChI is InChI=1S/C17H20ClNO2/c1-20-16-11-15(18)10-14(12-19)17(16)21-9-5-8-13-6-3-2-4-7-13/h2-4,6-7,10-11H,5,8-9,12,19H2,1H3. The highest BCUT2D eigenvalue weighted by Crippen LogP contribution is 2.34. The summed E-state index contributed by atoms with van der Waals surface area (Å²) >= 11 is 6.03. The molecule has 112 valence electrons. The molecule has 0 spiro atoms. The first-order valence-electron chi connectivity index (χ1n) is 6.97. The van der Waals surface area contributed by atoms with Crippen molar-refractivity contribution in [3.63, 3.8) is 0 Å². The van der Waals surface area contributed by atoms with Gasteiger partial charge < -0.3 is 15.2 Å². The molecule has 0 aliphatic heterocycles. The number of ether oxygens (including phenoxy) is 2. The maximum absolute atomic E-state index is 6.03. The molecule has 2 rings (SSSR count). The van der Waals surface area contributed by atoms with E-state index in [2.05, 4.69) is 12.1 Å². The molecule has 0 aromatic heterocycles. The van der Waals surface area contributed by atoms with Crippen molar-refractivity contribution in [1.82, 2.24) is 0 Å². The summed E-state index contributed by atoms with van der Waals surface area (Å²) in [6, 6.07) is 13.9. The Labute approximate surface area is 130 Å². The Balaban J connectivity index is 1.96. The Bertz CT molecular complexity index is 547. The zero-order valence-electron chi connectivity index (χ0n) is 12.1. The highest BCUT2D eigenvalue weighted by atomic mass is 35.5. The molecule has 0 saturated carbocycles. The van der Waals surface area contributed by atoms with Crippen LogP contribution in [0.4, 0.5) is 0 Å². The van der Waals surface area contributed by atoms with Gasteiger partial charge in [-0.15, -0.1) is 0 Å². The van der Waals surface area contributed by atoms with E-state index < -0.39 is 0 Å². The third-order valence-corrected chi connectivity index (χ3v) is 3.45. The SMILES string of the molecule is COc1cc(Cl)cc(CN)c1OCCCc1ccccc1. The molecular weight excluding hydrogens is 286 g/mol. The third kappa shape index (κ3) is 4.38. The summed E-state index contributed by atoms with van der Waals surface area (Å²) in [7, 11) is 1.60. The Hall–Kier alpha value is -1.71. The van der Waals surface area contributed by atoms with Gasteiger partial charge in [-0.3, -0.25) is 0 Å². The van der Waals surface area contributed by atoms with Crippen LogP contribution >= 0.6 is 11.6 Å². The highest BCUT2D eigenvalue weighted by Gasteiger charge is 2.11. The lowest BCUT2D eigenvalue weighted by Crippen LogP contribution is -2.06. The van der Waals surface area contributed by atoms with Crippen molar-refractivity contribution in [2.45, 2.75) is 19.4 Å². The van der Waals surface area contributed by atoms with Gasteiger partial charge in [0.1, 0.15) is 0 Å². The van der Waals surface area contributed by atoms with Crippen LogP contribution < -0.4 is 15.2 Å². The van der Waals surface area contributed by atoms with E-state index in [4.69, 9.17) is 26.8 Å². The van der Waals surface area contributed by atoms with Gasteiger partial charge in [0, 0.05) is 23.2 Å². The fraction of sp³-hybridized carbons (Fsp3) is 0.294. The Kier molecular flexibility index (Phi) is 5.90. The zero-order chi connectivity index (χ0) is 15.1. The number of nitrogens with two attached hydrogens (primary N) is 1. The van der Waals surface area contributed by atoms with Crippen LogP contribution in [-0.4, -0.2) is 13.7 Å². The zero-order valence-corrected chi connectivity index (χ0v) is 12.9. The molecule has 2 aromatic rings. The van der Waals surface area contributed by atoms with E-state index in [1.807, 2.05) is 24.3 Å². The first kappa shape index (κ1) is 15.7. The number of hydrogen-bond acceptors (Lipinski definition) is 3. The van der Waals surface area contributed by atoms with E-state index in [0.29, 0.717) is 29.7 Å². The second-order valence-corrected chi connectivity index (χ2v) is 5.17. The van der Waals surface area contributed by atoms with Gasteiger partial charge >= 0.3 is 0 Å². The topological polar surface area (TPSA) is 44.5 Å². The van der Waals surface area contributed by atoms with Crippen molar-refractivity contribution in [3.8, 4) is 11.5 Å². The molecule has 0 atom stereocenters. The summed E-state index contributed by atoms with van der Waals surface area (Å²) in [5, 5.41) is 0.601. The molecule has 0 unspecified atom stereocenters. The molecule has 2 N–H and O–H groups in total. The summed E-state index contributed by atoms with van der Waals surface area (Å²) < 4.78 is 11.2. The van der Waals surface area contributed by atoms with Crippen LogP contribution in [0.25, 0.3) is 0 Å². The minimum atomic E-state index is 0.366. The second kappa shape index (κ2) is 7.91. The van der Waals surface area contributed by atoms with Crippen LogP contribution in [0.3, 0.4) is 0 Å². The summed E-state index contributed by atoms with van der Waals surface area (Å²) in [6.45, 7) is 0.977. The second-order valence-electron chi connectivity index (χ2n) is 4.74. The Morgan fingerprint density at radius 3 is 2.57 bits per heavy atom. The van der Waals surface area contributed by atoms with Crippen molar-refractivity contribution in [3.05, 3.63) is 58.6 Å².